The van der Waals surface area contributed by atoms with Gasteiger partial charge in [0, 0.05) is 19.6 Å². The molecule has 3 aliphatic rings. The van der Waals surface area contributed by atoms with Crippen molar-refractivity contribution in [2.45, 2.75) is 69.9 Å². The molecule has 0 spiro atoms. The molecule has 1 aromatic rings. The van der Waals surface area contributed by atoms with Crippen molar-refractivity contribution < 1.29 is 23.6 Å². The summed E-state index contributed by atoms with van der Waals surface area (Å²) in [6.07, 6.45) is 2.22. The number of amides is 3. The molecule has 0 aromatic carbocycles. The van der Waals surface area contributed by atoms with Crippen molar-refractivity contribution in [2.24, 2.45) is 0 Å². The SMILES string of the molecule is Cc1noc([C@@H]2CN(C(=O)NC3CCC(=O)NC3C3CCCO3)C[C@H](C)O2)n1. The van der Waals surface area contributed by atoms with Crippen LogP contribution in [0.5, 0.6) is 0 Å². The van der Waals surface area contributed by atoms with Crippen LogP contribution in [0.1, 0.15) is 50.4 Å². The summed E-state index contributed by atoms with van der Waals surface area (Å²) in [5, 5.41) is 9.91. The Bertz CT molecular complexity index is 719. The molecule has 2 N–H and O–H groups in total. The van der Waals surface area contributed by atoms with Gasteiger partial charge in [0.2, 0.25) is 5.91 Å². The fraction of sp³-hybridized carbons (Fsp3) is 0.778. The number of piperidine rings is 1. The third-order valence-corrected chi connectivity index (χ3v) is 5.48. The van der Waals surface area contributed by atoms with Gasteiger partial charge in [-0.1, -0.05) is 5.16 Å². The Morgan fingerprint density at radius 3 is 2.89 bits per heavy atom. The number of urea groups is 1. The van der Waals surface area contributed by atoms with E-state index in [0.29, 0.717) is 44.3 Å². The Balaban J connectivity index is 1.41. The van der Waals surface area contributed by atoms with Crippen molar-refractivity contribution in [3.8, 4) is 0 Å². The van der Waals surface area contributed by atoms with Crippen molar-refractivity contribution in [1.29, 1.82) is 0 Å². The molecule has 0 aliphatic carbocycles. The maximum absolute atomic E-state index is 13.0. The number of morpholine rings is 1. The highest BCUT2D eigenvalue weighted by atomic mass is 16.5. The van der Waals surface area contributed by atoms with Crippen LogP contribution < -0.4 is 10.6 Å². The second kappa shape index (κ2) is 8.04. The predicted molar refractivity (Wildman–Crippen MR) is 96.4 cm³/mol. The number of carbonyl (C=O) groups is 2. The molecule has 3 unspecified atom stereocenters. The van der Waals surface area contributed by atoms with Crippen molar-refractivity contribution >= 4 is 11.9 Å². The van der Waals surface area contributed by atoms with Crippen LogP contribution in [-0.2, 0) is 14.3 Å². The molecule has 0 radical (unpaired) electrons. The molecule has 4 rings (SSSR count). The van der Waals surface area contributed by atoms with Crippen LogP contribution in [0.2, 0.25) is 0 Å². The van der Waals surface area contributed by atoms with E-state index in [0.717, 1.165) is 12.8 Å². The summed E-state index contributed by atoms with van der Waals surface area (Å²) in [6, 6.07) is -0.531. The van der Waals surface area contributed by atoms with Crippen LogP contribution >= 0.6 is 0 Å². The third kappa shape index (κ3) is 4.12. The van der Waals surface area contributed by atoms with Gasteiger partial charge in [-0.3, -0.25) is 4.79 Å². The zero-order chi connectivity index (χ0) is 19.7. The number of hydrogen-bond acceptors (Lipinski definition) is 7. The third-order valence-electron chi connectivity index (χ3n) is 5.48. The van der Waals surface area contributed by atoms with Crippen LogP contribution in [0.25, 0.3) is 0 Å². The second-order valence-electron chi connectivity index (χ2n) is 7.76. The molecule has 4 heterocycles. The molecule has 3 aliphatic heterocycles. The highest BCUT2D eigenvalue weighted by Gasteiger charge is 2.39. The van der Waals surface area contributed by atoms with Crippen molar-refractivity contribution in [2.75, 3.05) is 19.7 Å². The van der Waals surface area contributed by atoms with Gasteiger partial charge in [0.15, 0.2) is 11.9 Å². The fourth-order valence-electron chi connectivity index (χ4n) is 4.17. The molecule has 1 aromatic heterocycles. The maximum Gasteiger partial charge on any atom is 0.317 e. The molecule has 154 valence electrons. The van der Waals surface area contributed by atoms with Crippen molar-refractivity contribution in [3.05, 3.63) is 11.7 Å². The van der Waals surface area contributed by atoms with Gasteiger partial charge in [-0.25, -0.2) is 4.79 Å². The van der Waals surface area contributed by atoms with E-state index in [1.165, 1.54) is 0 Å². The van der Waals surface area contributed by atoms with E-state index in [1.54, 1.807) is 11.8 Å². The quantitative estimate of drug-likeness (QED) is 0.775. The number of hydrogen-bond donors (Lipinski definition) is 2. The van der Waals surface area contributed by atoms with Gasteiger partial charge in [0.25, 0.3) is 5.89 Å². The first-order valence-electron chi connectivity index (χ1n) is 9.91. The van der Waals surface area contributed by atoms with Crippen LogP contribution in [0.15, 0.2) is 4.52 Å². The second-order valence-corrected chi connectivity index (χ2v) is 7.76. The monoisotopic (exact) mass is 393 g/mol. The molecule has 3 amide bonds. The smallest absolute Gasteiger partial charge is 0.317 e. The number of nitrogens with zero attached hydrogens (tertiary/aromatic N) is 3. The number of nitrogens with one attached hydrogen (secondary N) is 2. The Morgan fingerprint density at radius 2 is 2.18 bits per heavy atom. The summed E-state index contributed by atoms with van der Waals surface area (Å²) >= 11 is 0. The minimum absolute atomic E-state index is 0.0119. The lowest BCUT2D eigenvalue weighted by Crippen LogP contribution is -2.62. The van der Waals surface area contributed by atoms with E-state index >= 15 is 0 Å². The van der Waals surface area contributed by atoms with E-state index < -0.39 is 6.10 Å². The minimum atomic E-state index is -0.448. The summed E-state index contributed by atoms with van der Waals surface area (Å²) in [7, 11) is 0. The van der Waals surface area contributed by atoms with Gasteiger partial charge >= 0.3 is 6.03 Å². The number of ether oxygens (including phenoxy) is 2. The van der Waals surface area contributed by atoms with E-state index in [4.69, 9.17) is 14.0 Å². The van der Waals surface area contributed by atoms with Crippen LogP contribution in [0.3, 0.4) is 0 Å². The Morgan fingerprint density at radius 1 is 1.32 bits per heavy atom. The molecule has 3 saturated heterocycles. The topological polar surface area (TPSA) is 119 Å². The highest BCUT2D eigenvalue weighted by molar-refractivity contribution is 5.79. The lowest BCUT2D eigenvalue weighted by Gasteiger charge is -2.39. The zero-order valence-electron chi connectivity index (χ0n) is 16.2. The van der Waals surface area contributed by atoms with Gasteiger partial charge < -0.3 is 29.5 Å². The molecule has 0 saturated carbocycles. The summed E-state index contributed by atoms with van der Waals surface area (Å²) in [5.41, 5.74) is 0. The summed E-state index contributed by atoms with van der Waals surface area (Å²) < 4.78 is 16.9. The Labute approximate surface area is 163 Å². The zero-order valence-corrected chi connectivity index (χ0v) is 16.2. The standard InChI is InChI=1S/C18H27N5O5/c1-10-8-23(9-14(27-10)17-19-11(2)22-28-17)18(25)20-12-5-6-15(24)21-16(12)13-4-3-7-26-13/h10,12-14,16H,3-9H2,1-2H3,(H,20,25)(H,21,24)/t10-,12?,13?,14-,16?/m0/s1. The van der Waals surface area contributed by atoms with Gasteiger partial charge in [-0.2, -0.15) is 4.98 Å². The number of aromatic nitrogens is 2. The Hall–Kier alpha value is -2.20. The lowest BCUT2D eigenvalue weighted by molar-refractivity contribution is -0.125. The molecular formula is C18H27N5O5. The first-order valence-corrected chi connectivity index (χ1v) is 9.91. The number of rotatable bonds is 3. The number of aryl methyl sites for hydroxylation is 1. The van der Waals surface area contributed by atoms with Gasteiger partial charge in [-0.15, -0.1) is 0 Å². The van der Waals surface area contributed by atoms with Gasteiger partial charge in [-0.05, 0) is 33.1 Å². The van der Waals surface area contributed by atoms with Crippen LogP contribution in [0.4, 0.5) is 4.79 Å². The van der Waals surface area contributed by atoms with Crippen molar-refractivity contribution in [1.82, 2.24) is 25.7 Å². The summed E-state index contributed by atoms with van der Waals surface area (Å²) in [6.45, 7) is 5.16. The van der Waals surface area contributed by atoms with Crippen LogP contribution in [-0.4, -0.2) is 71.0 Å². The number of carbonyl (C=O) groups excluding carboxylic acids is 2. The van der Waals surface area contributed by atoms with E-state index in [9.17, 15) is 9.59 Å². The molecule has 5 atom stereocenters. The molecule has 3 fully saturated rings. The van der Waals surface area contributed by atoms with E-state index in [2.05, 4.69) is 20.8 Å². The molecule has 0 bridgehead atoms. The van der Waals surface area contributed by atoms with Gasteiger partial charge in [0.05, 0.1) is 30.8 Å². The summed E-state index contributed by atoms with van der Waals surface area (Å²) in [4.78, 5) is 30.8. The molecule has 10 nitrogen and oxygen atoms in total. The Kier molecular flexibility index (Phi) is 5.49. The highest BCUT2D eigenvalue weighted by Crippen LogP contribution is 2.26. The van der Waals surface area contributed by atoms with Crippen molar-refractivity contribution in [3.63, 3.8) is 0 Å². The molecule has 10 heteroatoms. The lowest BCUT2D eigenvalue weighted by atomic mass is 9.92. The fourth-order valence-corrected chi connectivity index (χ4v) is 4.17. The first-order chi connectivity index (χ1) is 13.5. The molecular weight excluding hydrogens is 366 g/mol. The minimum Gasteiger partial charge on any atom is -0.376 e. The molecule has 28 heavy (non-hydrogen) atoms. The first kappa shape index (κ1) is 19.1. The van der Waals surface area contributed by atoms with E-state index in [1.807, 2.05) is 6.92 Å². The van der Waals surface area contributed by atoms with E-state index in [-0.39, 0.29) is 36.2 Å². The average molecular weight is 393 g/mol. The largest absolute Gasteiger partial charge is 0.376 e. The predicted octanol–water partition coefficient (Wildman–Crippen LogP) is 0.676. The summed E-state index contributed by atoms with van der Waals surface area (Å²) in [5.74, 6) is 0.923. The van der Waals surface area contributed by atoms with Crippen LogP contribution in [0, 0.1) is 6.92 Å². The normalized spacial score (nSPS) is 33.6. The average Bonchev–Trinajstić information content (AvgIpc) is 3.34. The maximum atomic E-state index is 13.0. The van der Waals surface area contributed by atoms with Gasteiger partial charge in [0.1, 0.15) is 0 Å².